The van der Waals surface area contributed by atoms with Gasteiger partial charge in [0.25, 0.3) is 0 Å². The quantitative estimate of drug-likeness (QED) is 0.634. The number of benzene rings is 2. The van der Waals surface area contributed by atoms with Gasteiger partial charge in [0.1, 0.15) is 11.6 Å². The zero-order valence-corrected chi connectivity index (χ0v) is 15.8. The maximum Gasteiger partial charge on any atom is 0.173 e. The van der Waals surface area contributed by atoms with E-state index in [1.807, 2.05) is 29.2 Å². The summed E-state index contributed by atoms with van der Waals surface area (Å²) in [5, 5.41) is 0.383. The highest BCUT2D eigenvalue weighted by Gasteiger charge is 2.20. The SMILES string of the molecule is CC1=C(c2ccc(CC(=O)c3c(F)cccc3F)cc2)CN(C(N)=S)CC1. The normalized spacial score (nSPS) is 14.4. The fourth-order valence-corrected chi connectivity index (χ4v) is 3.40. The van der Waals surface area contributed by atoms with Crippen LogP contribution in [0.25, 0.3) is 5.57 Å². The molecule has 2 aromatic carbocycles. The van der Waals surface area contributed by atoms with Crippen LogP contribution in [0, 0.1) is 11.6 Å². The number of halogens is 2. The van der Waals surface area contributed by atoms with E-state index in [-0.39, 0.29) is 6.42 Å². The standard InChI is InChI=1S/C21H20F2N2OS/c1-13-9-10-25(21(24)27)12-16(13)15-7-5-14(6-8-15)11-19(26)20-17(22)3-2-4-18(20)23/h2-8H,9-12H2,1H3,(H2,24,27). The molecule has 1 heterocycles. The number of thiocarbonyl (C=S) groups is 1. The second-order valence-corrected chi connectivity index (χ2v) is 7.08. The van der Waals surface area contributed by atoms with Crippen LogP contribution in [-0.4, -0.2) is 28.9 Å². The van der Waals surface area contributed by atoms with Crippen LogP contribution in [0.2, 0.25) is 0 Å². The molecule has 0 spiro atoms. The third-order valence-electron chi connectivity index (χ3n) is 4.84. The number of ketones is 1. The van der Waals surface area contributed by atoms with Crippen LogP contribution >= 0.6 is 12.2 Å². The molecule has 6 heteroatoms. The second-order valence-electron chi connectivity index (χ2n) is 6.66. The summed E-state index contributed by atoms with van der Waals surface area (Å²) in [5.74, 6) is -2.25. The van der Waals surface area contributed by atoms with E-state index in [1.165, 1.54) is 11.6 Å². The van der Waals surface area contributed by atoms with Crippen LogP contribution in [0.1, 0.15) is 34.8 Å². The number of carbonyl (C=O) groups is 1. The van der Waals surface area contributed by atoms with Crippen molar-refractivity contribution in [3.8, 4) is 0 Å². The molecular weight excluding hydrogens is 366 g/mol. The first kappa shape index (κ1) is 19.2. The Morgan fingerprint density at radius 1 is 1.15 bits per heavy atom. The number of Topliss-reactive ketones (excluding diaryl/α,β-unsaturated/α-hetero) is 1. The van der Waals surface area contributed by atoms with Crippen molar-refractivity contribution in [3.63, 3.8) is 0 Å². The number of rotatable bonds is 4. The summed E-state index contributed by atoms with van der Waals surface area (Å²) in [4.78, 5) is 14.2. The van der Waals surface area contributed by atoms with E-state index in [0.717, 1.165) is 36.2 Å². The first-order valence-corrected chi connectivity index (χ1v) is 9.07. The number of hydrogen-bond donors (Lipinski definition) is 1. The van der Waals surface area contributed by atoms with E-state index in [1.54, 1.807) is 0 Å². The summed E-state index contributed by atoms with van der Waals surface area (Å²) in [6, 6.07) is 10.9. The van der Waals surface area contributed by atoms with Gasteiger partial charge in [0, 0.05) is 19.5 Å². The Hall–Kier alpha value is -2.60. The van der Waals surface area contributed by atoms with Crippen LogP contribution in [0.15, 0.2) is 48.0 Å². The molecule has 2 aromatic rings. The Balaban J connectivity index is 1.78. The Kier molecular flexibility index (Phi) is 5.65. The minimum atomic E-state index is -0.836. The average molecular weight is 386 g/mol. The highest BCUT2D eigenvalue weighted by molar-refractivity contribution is 7.80. The zero-order valence-electron chi connectivity index (χ0n) is 15.0. The van der Waals surface area contributed by atoms with Gasteiger partial charge in [-0.25, -0.2) is 8.78 Å². The van der Waals surface area contributed by atoms with Crippen molar-refractivity contribution in [1.29, 1.82) is 0 Å². The molecule has 0 bridgehead atoms. The van der Waals surface area contributed by atoms with Gasteiger partial charge < -0.3 is 10.6 Å². The van der Waals surface area contributed by atoms with Crippen LogP contribution in [-0.2, 0) is 6.42 Å². The summed E-state index contributed by atoms with van der Waals surface area (Å²) >= 11 is 5.08. The van der Waals surface area contributed by atoms with Crippen molar-refractivity contribution >= 4 is 28.7 Å². The van der Waals surface area contributed by atoms with Crippen molar-refractivity contribution in [2.24, 2.45) is 5.73 Å². The largest absolute Gasteiger partial charge is 0.376 e. The Morgan fingerprint density at radius 3 is 2.37 bits per heavy atom. The summed E-state index contributed by atoms with van der Waals surface area (Å²) in [7, 11) is 0. The Bertz CT molecular complexity index is 902. The van der Waals surface area contributed by atoms with E-state index < -0.39 is 23.0 Å². The highest BCUT2D eigenvalue weighted by Crippen LogP contribution is 2.27. The van der Waals surface area contributed by atoms with E-state index >= 15 is 0 Å². The van der Waals surface area contributed by atoms with Crippen LogP contribution in [0.3, 0.4) is 0 Å². The topological polar surface area (TPSA) is 46.3 Å². The first-order chi connectivity index (χ1) is 12.9. The molecule has 0 aliphatic carbocycles. The molecule has 0 amide bonds. The van der Waals surface area contributed by atoms with Crippen molar-refractivity contribution < 1.29 is 13.6 Å². The smallest absolute Gasteiger partial charge is 0.173 e. The third-order valence-corrected chi connectivity index (χ3v) is 5.10. The summed E-state index contributed by atoms with van der Waals surface area (Å²) in [6.45, 7) is 3.55. The van der Waals surface area contributed by atoms with Crippen LogP contribution < -0.4 is 5.73 Å². The van der Waals surface area contributed by atoms with Crippen molar-refractivity contribution in [2.75, 3.05) is 13.1 Å². The zero-order chi connectivity index (χ0) is 19.6. The van der Waals surface area contributed by atoms with Gasteiger partial charge in [-0.05, 0) is 54.4 Å². The van der Waals surface area contributed by atoms with Crippen LogP contribution in [0.5, 0.6) is 0 Å². The van der Waals surface area contributed by atoms with Gasteiger partial charge in [-0.3, -0.25) is 4.79 Å². The van der Waals surface area contributed by atoms with E-state index in [0.29, 0.717) is 17.2 Å². The van der Waals surface area contributed by atoms with Crippen molar-refractivity contribution in [2.45, 2.75) is 19.8 Å². The molecule has 1 aliphatic heterocycles. The number of carbonyl (C=O) groups excluding carboxylic acids is 1. The molecule has 27 heavy (non-hydrogen) atoms. The Labute approximate surface area is 162 Å². The van der Waals surface area contributed by atoms with Gasteiger partial charge in [-0.1, -0.05) is 35.9 Å². The molecule has 0 aromatic heterocycles. The van der Waals surface area contributed by atoms with E-state index in [4.69, 9.17) is 18.0 Å². The number of hydrogen-bond acceptors (Lipinski definition) is 2. The lowest BCUT2D eigenvalue weighted by atomic mass is 9.93. The maximum absolute atomic E-state index is 13.8. The molecule has 2 N–H and O–H groups in total. The number of nitrogens with two attached hydrogens (primary N) is 1. The van der Waals surface area contributed by atoms with Crippen molar-refractivity contribution in [1.82, 2.24) is 4.90 Å². The van der Waals surface area contributed by atoms with Gasteiger partial charge in [0.15, 0.2) is 10.9 Å². The lowest BCUT2D eigenvalue weighted by molar-refractivity contribution is 0.0985. The minimum Gasteiger partial charge on any atom is -0.376 e. The maximum atomic E-state index is 13.8. The molecule has 0 saturated carbocycles. The van der Waals surface area contributed by atoms with Crippen LogP contribution in [0.4, 0.5) is 8.78 Å². The highest BCUT2D eigenvalue weighted by atomic mass is 32.1. The lowest BCUT2D eigenvalue weighted by Gasteiger charge is -2.30. The van der Waals surface area contributed by atoms with Gasteiger partial charge in [-0.15, -0.1) is 0 Å². The van der Waals surface area contributed by atoms with E-state index in [2.05, 4.69) is 6.92 Å². The molecule has 1 aliphatic rings. The molecule has 3 rings (SSSR count). The van der Waals surface area contributed by atoms with Gasteiger partial charge >= 0.3 is 0 Å². The second kappa shape index (κ2) is 7.96. The van der Waals surface area contributed by atoms with Gasteiger partial charge in [-0.2, -0.15) is 0 Å². The van der Waals surface area contributed by atoms with Crippen molar-refractivity contribution in [3.05, 3.63) is 76.4 Å². The molecule has 0 unspecified atom stereocenters. The lowest BCUT2D eigenvalue weighted by Crippen LogP contribution is -2.39. The molecular formula is C21H20F2N2OS. The molecule has 0 saturated heterocycles. The summed E-state index contributed by atoms with van der Waals surface area (Å²) < 4.78 is 27.5. The molecule has 0 radical (unpaired) electrons. The van der Waals surface area contributed by atoms with Gasteiger partial charge in [0.2, 0.25) is 0 Å². The molecule has 3 nitrogen and oxygen atoms in total. The first-order valence-electron chi connectivity index (χ1n) is 8.66. The monoisotopic (exact) mass is 386 g/mol. The third kappa shape index (κ3) is 4.22. The average Bonchev–Trinajstić information content (AvgIpc) is 2.62. The molecule has 0 atom stereocenters. The fraction of sp³-hybridized carbons (Fsp3) is 0.238. The summed E-state index contributed by atoms with van der Waals surface area (Å²) in [5.41, 5.74) is 9.43. The summed E-state index contributed by atoms with van der Waals surface area (Å²) in [6.07, 6.45) is 0.828. The van der Waals surface area contributed by atoms with Gasteiger partial charge in [0.05, 0.1) is 5.56 Å². The molecule has 140 valence electrons. The minimum absolute atomic E-state index is 0.0603. The predicted molar refractivity (Wildman–Crippen MR) is 106 cm³/mol. The Morgan fingerprint density at radius 2 is 1.78 bits per heavy atom. The number of nitrogens with zero attached hydrogens (tertiary/aromatic N) is 1. The van der Waals surface area contributed by atoms with E-state index in [9.17, 15) is 13.6 Å². The fourth-order valence-electron chi connectivity index (χ4n) is 3.25. The predicted octanol–water partition coefficient (Wildman–Crippen LogP) is 4.11. The molecule has 0 fully saturated rings.